The maximum Gasteiger partial charge on any atom is 0.192 e. The molecule has 0 amide bonds. The molecule has 29 heavy (non-hydrogen) atoms. The van der Waals surface area contributed by atoms with Gasteiger partial charge in [0.25, 0.3) is 0 Å². The smallest absolute Gasteiger partial charge is 0.192 e. The molecule has 4 aliphatic rings. The molecule has 0 radical (unpaired) electrons. The van der Waals surface area contributed by atoms with Crippen LogP contribution in [0.3, 0.4) is 0 Å². The second kappa shape index (κ2) is 7.28. The van der Waals surface area contributed by atoms with Gasteiger partial charge in [-0.1, -0.05) is 40.5 Å². The molecule has 4 rings (SSSR count). The van der Waals surface area contributed by atoms with Gasteiger partial charge in [0.2, 0.25) is 0 Å². The van der Waals surface area contributed by atoms with Crippen molar-refractivity contribution in [1.29, 1.82) is 0 Å². The van der Waals surface area contributed by atoms with Gasteiger partial charge in [-0.15, -0.1) is 0 Å². The number of aliphatic hydroxyl groups is 1. The number of fused-ring (bicyclic) bond motifs is 3. The summed E-state index contributed by atoms with van der Waals surface area (Å²) in [4.78, 5) is 0. The molecule has 0 unspecified atom stereocenters. The van der Waals surface area contributed by atoms with Crippen molar-refractivity contribution in [2.45, 2.75) is 114 Å². The molecule has 5 nitrogen and oxygen atoms in total. The van der Waals surface area contributed by atoms with Crippen LogP contribution in [0.15, 0.2) is 0 Å². The van der Waals surface area contributed by atoms with E-state index in [0.29, 0.717) is 5.92 Å². The SMILES string of the molecule is COCO[C@H]1[C@H](C)C[C@@]23CCCC[C@@H](C[C@H]4O[C@H]4[C@]12O)[C@@H]3O[Si](C)(C)C(C)(C)C. The molecule has 1 N–H and O–H groups in total. The second-order valence-electron chi connectivity index (χ2n) is 11.8. The first kappa shape index (κ1) is 22.2. The molecule has 3 aliphatic carbocycles. The topological polar surface area (TPSA) is 60.5 Å². The van der Waals surface area contributed by atoms with Crippen LogP contribution in [0.5, 0.6) is 0 Å². The Labute approximate surface area is 177 Å². The van der Waals surface area contributed by atoms with Crippen LogP contribution in [0.1, 0.15) is 66.2 Å². The van der Waals surface area contributed by atoms with Gasteiger partial charge in [0.15, 0.2) is 8.32 Å². The monoisotopic (exact) mass is 426 g/mol. The van der Waals surface area contributed by atoms with E-state index in [1.807, 2.05) is 0 Å². The number of rotatable bonds is 5. The average molecular weight is 427 g/mol. The van der Waals surface area contributed by atoms with Crippen LogP contribution < -0.4 is 0 Å². The van der Waals surface area contributed by atoms with Crippen LogP contribution in [0.4, 0.5) is 0 Å². The lowest BCUT2D eigenvalue weighted by atomic mass is 9.65. The number of hydrogen-bond acceptors (Lipinski definition) is 5. The predicted molar refractivity (Wildman–Crippen MR) is 115 cm³/mol. The van der Waals surface area contributed by atoms with Gasteiger partial charge in [0.05, 0.1) is 18.3 Å². The Morgan fingerprint density at radius 2 is 1.90 bits per heavy atom. The Morgan fingerprint density at radius 3 is 2.55 bits per heavy atom. The minimum atomic E-state index is -2.00. The zero-order valence-corrected chi connectivity index (χ0v) is 20.5. The lowest BCUT2D eigenvalue weighted by Gasteiger charge is -2.52. The Hall–Kier alpha value is 0.0169. The summed E-state index contributed by atoms with van der Waals surface area (Å²) in [5, 5.41) is 12.6. The number of hydrogen-bond donors (Lipinski definition) is 1. The molecule has 1 heterocycles. The second-order valence-corrected chi connectivity index (χ2v) is 16.5. The summed E-state index contributed by atoms with van der Waals surface area (Å²) in [5.74, 6) is 0.714. The largest absolute Gasteiger partial charge is 0.413 e. The van der Waals surface area contributed by atoms with E-state index in [4.69, 9.17) is 18.6 Å². The van der Waals surface area contributed by atoms with Crippen molar-refractivity contribution in [2.75, 3.05) is 13.9 Å². The van der Waals surface area contributed by atoms with Gasteiger partial charge in [0, 0.05) is 12.5 Å². The van der Waals surface area contributed by atoms with E-state index in [9.17, 15) is 5.11 Å². The molecule has 3 saturated carbocycles. The minimum Gasteiger partial charge on any atom is -0.413 e. The third-order valence-corrected chi connectivity index (χ3v) is 13.5. The number of epoxide rings is 1. The van der Waals surface area contributed by atoms with Crippen molar-refractivity contribution in [3.8, 4) is 0 Å². The lowest BCUT2D eigenvalue weighted by molar-refractivity contribution is -0.212. The summed E-state index contributed by atoms with van der Waals surface area (Å²) in [6.07, 6.45) is 6.36. The van der Waals surface area contributed by atoms with Crippen molar-refractivity contribution >= 4 is 8.32 Å². The fourth-order valence-electron chi connectivity index (χ4n) is 6.63. The third-order valence-electron chi connectivity index (χ3n) is 9.00. The summed E-state index contributed by atoms with van der Waals surface area (Å²) in [6.45, 7) is 14.1. The van der Waals surface area contributed by atoms with Gasteiger partial charge in [-0.05, 0) is 55.7 Å². The number of ether oxygens (including phenoxy) is 3. The van der Waals surface area contributed by atoms with Gasteiger partial charge in [-0.2, -0.15) is 0 Å². The van der Waals surface area contributed by atoms with Crippen molar-refractivity contribution < 1.29 is 23.7 Å². The molecule has 0 aromatic rings. The Morgan fingerprint density at radius 1 is 1.17 bits per heavy atom. The van der Waals surface area contributed by atoms with Gasteiger partial charge in [-0.25, -0.2) is 0 Å². The van der Waals surface area contributed by atoms with Gasteiger partial charge >= 0.3 is 0 Å². The molecular weight excluding hydrogens is 384 g/mol. The van der Waals surface area contributed by atoms with E-state index >= 15 is 0 Å². The summed E-state index contributed by atoms with van der Waals surface area (Å²) < 4.78 is 24.8. The highest BCUT2D eigenvalue weighted by Crippen LogP contribution is 2.67. The third kappa shape index (κ3) is 3.28. The highest BCUT2D eigenvalue weighted by Gasteiger charge is 2.77. The predicted octanol–water partition coefficient (Wildman–Crippen LogP) is 4.48. The summed E-state index contributed by atoms with van der Waals surface area (Å²) in [5.41, 5.74) is -1.29. The number of methoxy groups -OCH3 is 1. The summed E-state index contributed by atoms with van der Waals surface area (Å²) in [7, 11) is -0.348. The molecule has 4 fully saturated rings. The van der Waals surface area contributed by atoms with Gasteiger partial charge in [-0.3, -0.25) is 0 Å². The summed E-state index contributed by atoms with van der Waals surface area (Å²) >= 11 is 0. The Kier molecular flexibility index (Phi) is 5.57. The first-order valence-corrected chi connectivity index (χ1v) is 14.5. The molecule has 0 aromatic heterocycles. The maximum absolute atomic E-state index is 12.5. The van der Waals surface area contributed by atoms with Crippen LogP contribution in [0, 0.1) is 17.3 Å². The molecule has 6 heteroatoms. The van der Waals surface area contributed by atoms with E-state index in [1.165, 1.54) is 12.8 Å². The highest BCUT2D eigenvalue weighted by molar-refractivity contribution is 6.74. The summed E-state index contributed by atoms with van der Waals surface area (Å²) in [6, 6.07) is 0. The fraction of sp³-hybridized carbons (Fsp3) is 1.00. The zero-order chi connectivity index (χ0) is 21.2. The minimum absolute atomic E-state index is 0.0888. The van der Waals surface area contributed by atoms with E-state index in [2.05, 4.69) is 40.8 Å². The van der Waals surface area contributed by atoms with Crippen molar-refractivity contribution in [2.24, 2.45) is 17.3 Å². The Balaban J connectivity index is 1.79. The fourth-order valence-corrected chi connectivity index (χ4v) is 8.04. The van der Waals surface area contributed by atoms with Crippen molar-refractivity contribution in [1.82, 2.24) is 0 Å². The molecule has 0 aromatic carbocycles. The zero-order valence-electron chi connectivity index (χ0n) is 19.5. The van der Waals surface area contributed by atoms with Crippen molar-refractivity contribution in [3.63, 3.8) is 0 Å². The van der Waals surface area contributed by atoms with E-state index in [1.54, 1.807) is 7.11 Å². The highest BCUT2D eigenvalue weighted by atomic mass is 28.4. The molecule has 1 spiro atoms. The van der Waals surface area contributed by atoms with Crippen LogP contribution >= 0.6 is 0 Å². The van der Waals surface area contributed by atoms with Crippen LogP contribution in [0.25, 0.3) is 0 Å². The molecule has 1 saturated heterocycles. The van der Waals surface area contributed by atoms with Crippen molar-refractivity contribution in [3.05, 3.63) is 0 Å². The van der Waals surface area contributed by atoms with Gasteiger partial charge < -0.3 is 23.7 Å². The van der Waals surface area contributed by atoms with E-state index < -0.39 is 13.9 Å². The molecule has 8 atom stereocenters. The van der Waals surface area contributed by atoms with Crippen LogP contribution in [-0.4, -0.2) is 57.3 Å². The lowest BCUT2D eigenvalue weighted by Crippen LogP contribution is -2.63. The van der Waals surface area contributed by atoms with Gasteiger partial charge in [0.1, 0.15) is 18.5 Å². The maximum atomic E-state index is 12.5. The molecule has 1 aliphatic heterocycles. The normalized spacial score (nSPS) is 47.2. The standard InChI is InChI=1S/C23H42O5Si/c1-15-13-22-11-9-8-10-16(19(22)28-29(6,7)21(2,3)4)12-17-20(27-17)23(22,24)18(15)26-14-25-5/h15-20,24H,8-14H2,1-7H3/t15-,16+,17-,18+,19+,20-,22-,23-/m1/s1. The average Bonchev–Trinajstić information content (AvgIpc) is 3.38. The molecular formula is C23H42O5Si. The Bertz CT molecular complexity index is 619. The van der Waals surface area contributed by atoms with E-state index in [0.717, 1.165) is 25.7 Å². The van der Waals surface area contributed by atoms with Crippen LogP contribution in [0.2, 0.25) is 18.1 Å². The van der Waals surface area contributed by atoms with Crippen LogP contribution in [-0.2, 0) is 18.6 Å². The first-order chi connectivity index (χ1) is 13.5. The van der Waals surface area contributed by atoms with E-state index in [-0.39, 0.29) is 47.6 Å². The first-order valence-electron chi connectivity index (χ1n) is 11.6. The quantitative estimate of drug-likeness (QED) is 0.399. The molecule has 168 valence electrons. The molecule has 2 bridgehead atoms.